The van der Waals surface area contributed by atoms with Crippen molar-refractivity contribution in [3.63, 3.8) is 0 Å². The predicted octanol–water partition coefficient (Wildman–Crippen LogP) is 4.03. The van der Waals surface area contributed by atoms with Crippen molar-refractivity contribution in [1.82, 2.24) is 15.6 Å². The van der Waals surface area contributed by atoms with E-state index >= 15 is 0 Å². The molecule has 2 unspecified atom stereocenters. The van der Waals surface area contributed by atoms with Crippen molar-refractivity contribution in [1.29, 1.82) is 0 Å². The Hall–Kier alpha value is -0.600. The molecule has 1 saturated carbocycles. The van der Waals surface area contributed by atoms with E-state index in [0.717, 1.165) is 38.7 Å². The summed E-state index contributed by atoms with van der Waals surface area (Å²) in [6, 6.07) is 6.38. The number of thiazole rings is 1. The second-order valence-electron chi connectivity index (χ2n) is 5.38. The van der Waals surface area contributed by atoms with E-state index in [9.17, 15) is 0 Å². The lowest BCUT2D eigenvalue weighted by Crippen LogP contribution is -2.39. The van der Waals surface area contributed by atoms with Gasteiger partial charge in [0.25, 0.3) is 0 Å². The molecular weight excluding hydrogens is 431 g/mol. The smallest absolute Gasteiger partial charge is 0.191 e. The van der Waals surface area contributed by atoms with Crippen LogP contribution in [0.4, 0.5) is 0 Å². The molecule has 0 aliphatic heterocycles. The van der Waals surface area contributed by atoms with Gasteiger partial charge in [-0.2, -0.15) is 0 Å². The van der Waals surface area contributed by atoms with Crippen LogP contribution in [0.5, 0.6) is 0 Å². The summed E-state index contributed by atoms with van der Waals surface area (Å²) in [5, 5.41) is 8.46. The number of rotatable bonds is 4. The third kappa shape index (κ3) is 4.45. The maximum atomic E-state index is 5.99. The molecule has 0 bridgehead atoms. The molecule has 2 atom stereocenters. The fourth-order valence-electron chi connectivity index (χ4n) is 2.18. The van der Waals surface area contributed by atoms with E-state index in [-0.39, 0.29) is 24.0 Å². The van der Waals surface area contributed by atoms with Gasteiger partial charge in [0.2, 0.25) is 0 Å². The van der Waals surface area contributed by atoms with Crippen LogP contribution in [0.3, 0.4) is 0 Å². The molecule has 22 heavy (non-hydrogen) atoms. The minimum absolute atomic E-state index is 0. The van der Waals surface area contributed by atoms with Gasteiger partial charge in [0.15, 0.2) is 5.96 Å². The Labute approximate surface area is 156 Å². The highest BCUT2D eigenvalue weighted by Gasteiger charge is 2.33. The molecule has 1 aromatic heterocycles. The summed E-state index contributed by atoms with van der Waals surface area (Å²) in [6.45, 7) is 5.78. The fourth-order valence-corrected chi connectivity index (χ4v) is 3.22. The number of aromatic nitrogens is 1. The number of aliphatic imine (C=N–C) groups is 1. The van der Waals surface area contributed by atoms with Gasteiger partial charge in [-0.25, -0.2) is 9.98 Å². The summed E-state index contributed by atoms with van der Waals surface area (Å²) < 4.78 is 1.15. The zero-order chi connectivity index (χ0) is 14.8. The van der Waals surface area contributed by atoms with Crippen molar-refractivity contribution in [2.45, 2.75) is 32.9 Å². The molecule has 1 heterocycles. The molecule has 1 aliphatic rings. The van der Waals surface area contributed by atoms with Gasteiger partial charge in [-0.05, 0) is 37.5 Å². The summed E-state index contributed by atoms with van der Waals surface area (Å²) in [5.74, 6) is 1.63. The lowest BCUT2D eigenvalue weighted by atomic mass is 10.3. The first-order valence-corrected chi connectivity index (χ1v) is 8.45. The van der Waals surface area contributed by atoms with Crippen LogP contribution in [0.25, 0.3) is 10.2 Å². The maximum Gasteiger partial charge on any atom is 0.191 e. The highest BCUT2D eigenvalue weighted by Crippen LogP contribution is 2.29. The third-order valence-corrected chi connectivity index (χ3v) is 4.80. The van der Waals surface area contributed by atoms with E-state index in [2.05, 4.69) is 34.5 Å². The van der Waals surface area contributed by atoms with E-state index in [4.69, 9.17) is 11.6 Å². The summed E-state index contributed by atoms with van der Waals surface area (Å²) in [4.78, 5) is 9.21. The molecule has 120 valence electrons. The summed E-state index contributed by atoms with van der Waals surface area (Å²) in [5.41, 5.74) is 0.950. The third-order valence-electron chi connectivity index (χ3n) is 3.54. The van der Waals surface area contributed by atoms with Gasteiger partial charge in [-0.3, -0.25) is 0 Å². The van der Waals surface area contributed by atoms with E-state index < -0.39 is 0 Å². The molecule has 0 spiro atoms. The Morgan fingerprint density at radius 3 is 2.95 bits per heavy atom. The van der Waals surface area contributed by atoms with Crippen molar-refractivity contribution >= 4 is 63.1 Å². The van der Waals surface area contributed by atoms with Crippen molar-refractivity contribution < 1.29 is 0 Å². The second-order valence-corrected chi connectivity index (χ2v) is 6.93. The van der Waals surface area contributed by atoms with E-state index in [1.165, 1.54) is 6.42 Å². The maximum absolute atomic E-state index is 5.99. The predicted molar refractivity (Wildman–Crippen MR) is 106 cm³/mol. The van der Waals surface area contributed by atoms with Gasteiger partial charge in [0.1, 0.15) is 5.01 Å². The Morgan fingerprint density at radius 2 is 2.27 bits per heavy atom. The van der Waals surface area contributed by atoms with Crippen LogP contribution < -0.4 is 10.6 Å². The first kappa shape index (κ1) is 17.7. The molecule has 1 aromatic carbocycles. The molecule has 2 aromatic rings. The van der Waals surface area contributed by atoms with E-state index in [1.807, 2.05) is 18.2 Å². The number of nitrogens with zero attached hydrogens (tertiary/aromatic N) is 2. The van der Waals surface area contributed by atoms with Crippen LogP contribution in [0.15, 0.2) is 23.2 Å². The molecule has 1 fully saturated rings. The van der Waals surface area contributed by atoms with Crippen LogP contribution in [0.2, 0.25) is 5.02 Å². The zero-order valence-corrected chi connectivity index (χ0v) is 16.5. The lowest BCUT2D eigenvalue weighted by Gasteiger charge is -2.09. The van der Waals surface area contributed by atoms with Crippen LogP contribution in [-0.4, -0.2) is 23.5 Å². The topological polar surface area (TPSA) is 49.3 Å². The SMILES string of the molecule is CCNC(=NCc1nc2cc(Cl)ccc2s1)NC1CC1C.I. The van der Waals surface area contributed by atoms with Gasteiger partial charge in [0, 0.05) is 17.6 Å². The summed E-state index contributed by atoms with van der Waals surface area (Å²) in [6.07, 6.45) is 1.23. The zero-order valence-electron chi connectivity index (χ0n) is 12.6. The van der Waals surface area contributed by atoms with E-state index in [1.54, 1.807) is 11.3 Å². The highest BCUT2D eigenvalue weighted by molar-refractivity contribution is 14.0. The van der Waals surface area contributed by atoms with Crippen molar-refractivity contribution in [3.05, 3.63) is 28.2 Å². The van der Waals surface area contributed by atoms with Gasteiger partial charge in [0.05, 0.1) is 16.8 Å². The van der Waals surface area contributed by atoms with Crippen LogP contribution in [0.1, 0.15) is 25.3 Å². The minimum atomic E-state index is 0. The number of halogens is 2. The number of hydrogen-bond donors (Lipinski definition) is 2. The van der Waals surface area contributed by atoms with Gasteiger partial charge < -0.3 is 10.6 Å². The quantitative estimate of drug-likeness (QED) is 0.420. The van der Waals surface area contributed by atoms with Crippen LogP contribution >= 0.6 is 46.9 Å². The Balaban J connectivity index is 0.00000176. The Bertz CT molecular complexity index is 673. The van der Waals surface area contributed by atoms with Crippen molar-refractivity contribution in [2.24, 2.45) is 10.9 Å². The molecule has 0 amide bonds. The first-order valence-electron chi connectivity index (χ1n) is 7.25. The largest absolute Gasteiger partial charge is 0.357 e. The average Bonchev–Trinajstić information content (AvgIpc) is 2.99. The van der Waals surface area contributed by atoms with Gasteiger partial charge in [-0.1, -0.05) is 18.5 Å². The molecule has 4 nitrogen and oxygen atoms in total. The number of fused-ring (bicyclic) bond motifs is 1. The summed E-state index contributed by atoms with van der Waals surface area (Å²) in [7, 11) is 0. The molecule has 0 radical (unpaired) electrons. The monoisotopic (exact) mass is 450 g/mol. The Morgan fingerprint density at radius 1 is 1.50 bits per heavy atom. The normalized spacial score (nSPS) is 20.6. The number of nitrogens with one attached hydrogen (secondary N) is 2. The molecule has 3 rings (SSSR count). The summed E-state index contributed by atoms with van der Waals surface area (Å²) >= 11 is 7.66. The number of hydrogen-bond acceptors (Lipinski definition) is 3. The number of guanidine groups is 1. The molecule has 7 heteroatoms. The van der Waals surface area contributed by atoms with Crippen molar-refractivity contribution in [2.75, 3.05) is 6.54 Å². The molecule has 1 aliphatic carbocycles. The van der Waals surface area contributed by atoms with Crippen LogP contribution in [0, 0.1) is 5.92 Å². The average molecular weight is 451 g/mol. The van der Waals surface area contributed by atoms with Gasteiger partial charge in [-0.15, -0.1) is 35.3 Å². The standard InChI is InChI=1S/C15H19ClN4S.HI/c1-3-17-15(20-11-6-9(11)2)18-8-14-19-12-7-10(16)4-5-13(12)21-14;/h4-5,7,9,11H,3,6,8H2,1-2H3,(H2,17,18,20);1H. The molecular formula is C15H20ClIN4S. The highest BCUT2D eigenvalue weighted by atomic mass is 127. The molecule has 2 N–H and O–H groups in total. The lowest BCUT2D eigenvalue weighted by molar-refractivity contribution is 0.766. The first-order chi connectivity index (χ1) is 10.2. The van der Waals surface area contributed by atoms with Crippen molar-refractivity contribution in [3.8, 4) is 0 Å². The Kier molecular flexibility index (Phi) is 6.28. The molecule has 0 saturated heterocycles. The number of benzene rings is 1. The van der Waals surface area contributed by atoms with Gasteiger partial charge >= 0.3 is 0 Å². The van der Waals surface area contributed by atoms with E-state index in [0.29, 0.717) is 12.6 Å². The fraction of sp³-hybridized carbons (Fsp3) is 0.467. The second kappa shape index (κ2) is 7.79. The van der Waals surface area contributed by atoms with Crippen LogP contribution in [-0.2, 0) is 6.54 Å². The minimum Gasteiger partial charge on any atom is -0.357 e.